The maximum Gasteiger partial charge on any atom is 0.264 e. The van der Waals surface area contributed by atoms with Crippen LogP contribution in [0.5, 0.6) is 0 Å². The Morgan fingerprint density at radius 1 is 1.00 bits per heavy atom. The smallest absolute Gasteiger partial charge is 0.216 e. The second-order valence-corrected chi connectivity index (χ2v) is 7.46. The molecule has 0 saturated carbocycles. The Bertz CT molecular complexity index is 608. The number of benzene rings is 1. The van der Waals surface area contributed by atoms with Crippen LogP contribution < -0.4 is 0 Å². The monoisotopic (exact) mass is 337 g/mol. The summed E-state index contributed by atoms with van der Waals surface area (Å²) < 4.78 is 26.2. The molecule has 0 bridgehead atoms. The Morgan fingerprint density at radius 3 is 2.22 bits per heavy atom. The van der Waals surface area contributed by atoms with Gasteiger partial charge in [-0.2, -0.15) is 0 Å². The molecule has 0 aliphatic heterocycles. The lowest BCUT2D eigenvalue weighted by atomic mass is 10.0. The molecule has 0 fully saturated rings. The topological polar surface area (TPSA) is 82.9 Å². The Kier molecular flexibility index (Phi) is 9.41. The predicted molar refractivity (Wildman–Crippen MR) is 93.7 cm³/mol. The maximum absolute atomic E-state index is 11.7. The first kappa shape index (κ1) is 19.5. The van der Waals surface area contributed by atoms with E-state index >= 15 is 0 Å². The molecular weight excluding hydrogens is 310 g/mol. The van der Waals surface area contributed by atoms with Crippen molar-refractivity contribution in [3.05, 3.63) is 40.3 Å². The molecule has 0 aliphatic carbocycles. The molecule has 0 spiro atoms. The first-order chi connectivity index (χ1) is 11.1. The average molecular weight is 337 g/mol. The second-order valence-electron chi connectivity index (χ2n) is 5.87. The number of hydrogen-bond donors (Lipinski definition) is 0. The summed E-state index contributed by atoms with van der Waals surface area (Å²) in [5.74, 6) is 0. The summed E-state index contributed by atoms with van der Waals surface area (Å²) in [4.78, 5) is 2.45. The normalized spacial score (nSPS) is 11.2. The van der Waals surface area contributed by atoms with Crippen molar-refractivity contribution in [3.8, 4) is 0 Å². The molecular formula is C17H27N3O2S. The van der Waals surface area contributed by atoms with Gasteiger partial charge in [-0.25, -0.2) is 8.42 Å². The van der Waals surface area contributed by atoms with Crippen molar-refractivity contribution in [2.24, 2.45) is 4.52 Å². The van der Waals surface area contributed by atoms with E-state index in [9.17, 15) is 8.42 Å². The lowest BCUT2D eigenvalue weighted by Crippen LogP contribution is -1.96. The molecule has 23 heavy (non-hydrogen) atoms. The standard InChI is InChI=1S/C17H27N3O2S/c1-2-3-4-5-6-7-8-9-10-12-16-13-11-14-17(15-16)23(21,22)20-19-18/h11,13-15H,2-10,12H2,1H3. The van der Waals surface area contributed by atoms with E-state index in [0.717, 1.165) is 18.4 Å². The van der Waals surface area contributed by atoms with E-state index in [1.165, 1.54) is 57.4 Å². The number of unbranched alkanes of at least 4 members (excludes halogenated alkanes) is 8. The van der Waals surface area contributed by atoms with Crippen molar-refractivity contribution in [3.63, 3.8) is 0 Å². The highest BCUT2D eigenvalue weighted by atomic mass is 32.2. The van der Waals surface area contributed by atoms with E-state index < -0.39 is 10.0 Å². The fourth-order valence-electron chi connectivity index (χ4n) is 2.60. The number of nitrogens with zero attached hydrogens (tertiary/aromatic N) is 3. The Balaban J connectivity index is 2.30. The van der Waals surface area contributed by atoms with Crippen LogP contribution in [0.25, 0.3) is 10.4 Å². The van der Waals surface area contributed by atoms with Crippen LogP contribution in [-0.4, -0.2) is 8.42 Å². The van der Waals surface area contributed by atoms with Gasteiger partial charge in [0, 0.05) is 9.43 Å². The number of sulfonamides is 1. The van der Waals surface area contributed by atoms with Crippen LogP contribution in [0.4, 0.5) is 0 Å². The summed E-state index contributed by atoms with van der Waals surface area (Å²) in [7, 11) is -3.87. The van der Waals surface area contributed by atoms with Crippen LogP contribution in [0, 0.1) is 0 Å². The van der Waals surface area contributed by atoms with E-state index in [4.69, 9.17) is 5.53 Å². The van der Waals surface area contributed by atoms with Gasteiger partial charge in [0.05, 0.1) is 4.90 Å². The Labute approximate surface area is 139 Å². The van der Waals surface area contributed by atoms with Gasteiger partial charge in [0.2, 0.25) is 0 Å². The molecule has 5 nitrogen and oxygen atoms in total. The average Bonchev–Trinajstić information content (AvgIpc) is 2.53. The minimum Gasteiger partial charge on any atom is -0.216 e. The quantitative estimate of drug-likeness (QED) is 0.210. The van der Waals surface area contributed by atoms with E-state index in [1.807, 2.05) is 6.07 Å². The van der Waals surface area contributed by atoms with Gasteiger partial charge in [0.25, 0.3) is 10.0 Å². The number of rotatable bonds is 12. The summed E-state index contributed by atoms with van der Waals surface area (Å²) in [5, 5.41) is 0. The first-order valence-electron chi connectivity index (χ1n) is 8.50. The van der Waals surface area contributed by atoms with E-state index in [-0.39, 0.29) is 4.90 Å². The SMILES string of the molecule is CCCCCCCCCCCc1cccc(S(=O)(=O)N=[N+]=[N-])c1. The maximum atomic E-state index is 11.7. The minimum atomic E-state index is -3.87. The summed E-state index contributed by atoms with van der Waals surface area (Å²) in [6, 6.07) is 6.68. The number of azide groups is 1. The molecule has 1 aromatic rings. The molecule has 0 aromatic heterocycles. The summed E-state index contributed by atoms with van der Waals surface area (Å²) in [5.41, 5.74) is 9.28. The highest BCUT2D eigenvalue weighted by Gasteiger charge is 2.11. The van der Waals surface area contributed by atoms with Crippen molar-refractivity contribution >= 4 is 10.0 Å². The third kappa shape index (κ3) is 8.05. The highest BCUT2D eigenvalue weighted by Crippen LogP contribution is 2.17. The van der Waals surface area contributed by atoms with Gasteiger partial charge in [-0.15, -0.1) is 0 Å². The molecule has 0 amide bonds. The van der Waals surface area contributed by atoms with Crippen LogP contribution in [0.1, 0.15) is 70.3 Å². The van der Waals surface area contributed by atoms with Crippen molar-refractivity contribution in [2.75, 3.05) is 0 Å². The molecule has 6 heteroatoms. The lowest BCUT2D eigenvalue weighted by molar-refractivity contribution is 0.564. The molecule has 0 heterocycles. The zero-order valence-corrected chi connectivity index (χ0v) is 14.8. The van der Waals surface area contributed by atoms with E-state index in [2.05, 4.69) is 16.4 Å². The number of aryl methyl sites for hydroxylation is 1. The molecule has 0 atom stereocenters. The predicted octanol–water partition coefficient (Wildman–Crippen LogP) is 5.76. The van der Waals surface area contributed by atoms with Crippen molar-refractivity contribution in [1.82, 2.24) is 0 Å². The third-order valence-corrected chi connectivity index (χ3v) is 5.05. The van der Waals surface area contributed by atoms with Crippen LogP contribution in [-0.2, 0) is 16.4 Å². The lowest BCUT2D eigenvalue weighted by Gasteiger charge is -2.04. The van der Waals surface area contributed by atoms with Crippen LogP contribution in [0.15, 0.2) is 33.7 Å². The molecule has 0 aliphatic rings. The van der Waals surface area contributed by atoms with E-state index in [1.54, 1.807) is 12.1 Å². The number of hydrogen-bond acceptors (Lipinski definition) is 2. The van der Waals surface area contributed by atoms with Crippen molar-refractivity contribution < 1.29 is 8.42 Å². The third-order valence-electron chi connectivity index (χ3n) is 3.91. The van der Waals surface area contributed by atoms with Gasteiger partial charge in [-0.3, -0.25) is 0 Å². The molecule has 1 rings (SSSR count). The zero-order valence-electron chi connectivity index (χ0n) is 13.9. The molecule has 128 valence electrons. The van der Waals surface area contributed by atoms with Crippen LogP contribution in [0.2, 0.25) is 0 Å². The van der Waals surface area contributed by atoms with E-state index in [0.29, 0.717) is 0 Å². The highest BCUT2D eigenvalue weighted by molar-refractivity contribution is 7.90. The van der Waals surface area contributed by atoms with Crippen molar-refractivity contribution in [2.45, 2.75) is 76.0 Å². The van der Waals surface area contributed by atoms with Gasteiger partial charge < -0.3 is 0 Å². The van der Waals surface area contributed by atoms with Crippen LogP contribution >= 0.6 is 0 Å². The summed E-state index contributed by atoms with van der Waals surface area (Å²) in [6.45, 7) is 2.23. The molecule has 0 saturated heterocycles. The van der Waals surface area contributed by atoms with Gasteiger partial charge >= 0.3 is 0 Å². The van der Waals surface area contributed by atoms with Gasteiger partial charge in [-0.1, -0.05) is 70.4 Å². The zero-order chi connectivity index (χ0) is 17.0. The summed E-state index contributed by atoms with van der Waals surface area (Å²) >= 11 is 0. The van der Waals surface area contributed by atoms with Crippen molar-refractivity contribution in [1.29, 1.82) is 0 Å². The molecule has 0 unspecified atom stereocenters. The molecule has 1 aromatic carbocycles. The van der Waals surface area contributed by atoms with Gasteiger partial charge in [0.1, 0.15) is 0 Å². The van der Waals surface area contributed by atoms with Gasteiger partial charge in [0.15, 0.2) is 0 Å². The largest absolute Gasteiger partial charge is 0.264 e. The Morgan fingerprint density at radius 2 is 1.61 bits per heavy atom. The molecule has 0 radical (unpaired) electrons. The first-order valence-corrected chi connectivity index (χ1v) is 9.94. The fraction of sp³-hybridized carbons (Fsp3) is 0.647. The van der Waals surface area contributed by atoms with Gasteiger partial charge in [-0.05, 0) is 36.1 Å². The van der Waals surface area contributed by atoms with Crippen LogP contribution in [0.3, 0.4) is 0 Å². The minimum absolute atomic E-state index is 0.0729. The fourth-order valence-corrected chi connectivity index (χ4v) is 3.34. The Hall–Kier alpha value is -1.52. The summed E-state index contributed by atoms with van der Waals surface area (Å²) in [6.07, 6.45) is 12.2. The molecule has 0 N–H and O–H groups in total. The second kappa shape index (κ2) is 11.1.